The molecule has 0 aromatic carbocycles. The number of hydrogen-bond donors (Lipinski definition) is 8. The normalized spacial score (nSPS) is 34.0. The monoisotopic (exact) mass is 383 g/mol. The van der Waals surface area contributed by atoms with Crippen LogP contribution in [0.15, 0.2) is 0 Å². The SMILES string of the molecule is CCNC(=O)[C@H](O[C@@H]1O[C@H](CO)[C@@H](O)[C@H](O)[C@H]1O)[C@@H](O)[C@H](O)[C@H](O)CC. The van der Waals surface area contributed by atoms with Gasteiger partial charge < -0.3 is 50.5 Å². The number of aliphatic hydroxyl groups is 7. The van der Waals surface area contributed by atoms with Gasteiger partial charge in [-0.3, -0.25) is 4.79 Å². The Morgan fingerprint density at radius 2 is 1.69 bits per heavy atom. The molecular weight excluding hydrogens is 354 g/mol. The molecule has 11 heteroatoms. The number of carbonyl (C=O) groups excluding carboxylic acids is 1. The van der Waals surface area contributed by atoms with Crippen LogP contribution in [-0.2, 0) is 14.3 Å². The zero-order valence-electron chi connectivity index (χ0n) is 14.7. The molecule has 0 aromatic rings. The van der Waals surface area contributed by atoms with Crippen LogP contribution in [0.25, 0.3) is 0 Å². The number of hydrogen-bond acceptors (Lipinski definition) is 10. The minimum absolute atomic E-state index is 0.0976. The van der Waals surface area contributed by atoms with Crippen molar-refractivity contribution in [2.45, 2.75) is 75.4 Å². The van der Waals surface area contributed by atoms with Gasteiger partial charge >= 0.3 is 0 Å². The molecular formula is C15H29NO10. The van der Waals surface area contributed by atoms with Crippen LogP contribution in [-0.4, -0.2) is 110 Å². The van der Waals surface area contributed by atoms with Crippen LogP contribution < -0.4 is 5.32 Å². The predicted octanol–water partition coefficient (Wildman–Crippen LogP) is -4.20. The molecule has 9 atom stereocenters. The third-order valence-corrected chi connectivity index (χ3v) is 4.21. The van der Waals surface area contributed by atoms with E-state index in [-0.39, 0.29) is 13.0 Å². The fourth-order valence-corrected chi connectivity index (χ4v) is 2.54. The van der Waals surface area contributed by atoms with Gasteiger partial charge in [0.05, 0.1) is 12.7 Å². The van der Waals surface area contributed by atoms with E-state index in [4.69, 9.17) is 9.47 Å². The lowest BCUT2D eigenvalue weighted by Crippen LogP contribution is -2.62. The highest BCUT2D eigenvalue weighted by Gasteiger charge is 2.47. The van der Waals surface area contributed by atoms with Gasteiger partial charge in [0.1, 0.15) is 36.6 Å². The van der Waals surface area contributed by atoms with Crippen molar-refractivity contribution in [3.63, 3.8) is 0 Å². The summed E-state index contributed by atoms with van der Waals surface area (Å²) in [7, 11) is 0. The van der Waals surface area contributed by atoms with Gasteiger partial charge in [0.25, 0.3) is 5.91 Å². The fourth-order valence-electron chi connectivity index (χ4n) is 2.54. The summed E-state index contributed by atoms with van der Waals surface area (Å²) in [4.78, 5) is 12.2. The maximum Gasteiger partial charge on any atom is 0.252 e. The van der Waals surface area contributed by atoms with Crippen LogP contribution in [0.4, 0.5) is 0 Å². The Morgan fingerprint density at radius 1 is 1.08 bits per heavy atom. The molecule has 0 spiro atoms. The van der Waals surface area contributed by atoms with Crippen molar-refractivity contribution in [1.82, 2.24) is 5.32 Å². The smallest absolute Gasteiger partial charge is 0.252 e. The highest BCUT2D eigenvalue weighted by molar-refractivity contribution is 5.81. The van der Waals surface area contributed by atoms with Crippen molar-refractivity contribution in [2.75, 3.05) is 13.2 Å². The number of nitrogens with one attached hydrogen (secondary N) is 1. The van der Waals surface area contributed by atoms with E-state index in [0.29, 0.717) is 0 Å². The molecule has 0 aromatic heterocycles. The summed E-state index contributed by atoms with van der Waals surface area (Å²) in [6, 6.07) is 0. The van der Waals surface area contributed by atoms with Crippen LogP contribution in [0.2, 0.25) is 0 Å². The molecule has 1 heterocycles. The summed E-state index contributed by atoms with van der Waals surface area (Å²) in [5, 5.41) is 71.0. The van der Waals surface area contributed by atoms with Gasteiger partial charge in [0, 0.05) is 6.54 Å². The fraction of sp³-hybridized carbons (Fsp3) is 0.933. The molecule has 11 nitrogen and oxygen atoms in total. The standard InChI is InChI=1S/C15H29NO10/c1-3-6(18)8(19)11(22)13(14(24)16-4-2)26-15-12(23)10(21)9(20)7(5-17)25-15/h6-13,15,17-23H,3-5H2,1-2H3,(H,16,24)/t6-,7-,8-,9-,10+,11+,12-,13-,15+/m1/s1. The number of amides is 1. The van der Waals surface area contributed by atoms with Crippen LogP contribution in [0.3, 0.4) is 0 Å². The second-order valence-electron chi connectivity index (χ2n) is 6.11. The minimum Gasteiger partial charge on any atom is -0.394 e. The quantitative estimate of drug-likeness (QED) is 0.194. The Bertz CT molecular complexity index is 437. The van der Waals surface area contributed by atoms with Crippen molar-refractivity contribution in [2.24, 2.45) is 0 Å². The third-order valence-electron chi connectivity index (χ3n) is 4.21. The third kappa shape index (κ3) is 5.31. The minimum atomic E-state index is -1.87. The van der Waals surface area contributed by atoms with Crippen LogP contribution >= 0.6 is 0 Å². The Hall–Kier alpha value is -0.890. The van der Waals surface area contributed by atoms with Crippen molar-refractivity contribution >= 4 is 5.91 Å². The first-order chi connectivity index (χ1) is 12.2. The Balaban J connectivity index is 2.99. The Morgan fingerprint density at radius 3 is 2.19 bits per heavy atom. The van der Waals surface area contributed by atoms with Gasteiger partial charge in [-0.05, 0) is 13.3 Å². The number of rotatable bonds is 9. The van der Waals surface area contributed by atoms with Gasteiger partial charge in [0.2, 0.25) is 0 Å². The number of likely N-dealkylation sites (N-methyl/N-ethyl adjacent to an activating group) is 1. The molecule has 1 amide bonds. The molecule has 1 fully saturated rings. The second kappa shape index (κ2) is 10.4. The highest BCUT2D eigenvalue weighted by atomic mass is 16.7. The molecule has 154 valence electrons. The number of aliphatic hydroxyl groups excluding tert-OH is 7. The second-order valence-corrected chi connectivity index (χ2v) is 6.11. The van der Waals surface area contributed by atoms with Crippen LogP contribution in [0, 0.1) is 0 Å². The van der Waals surface area contributed by atoms with E-state index in [1.54, 1.807) is 13.8 Å². The van der Waals surface area contributed by atoms with Crippen molar-refractivity contribution in [3.05, 3.63) is 0 Å². The van der Waals surface area contributed by atoms with E-state index in [0.717, 1.165) is 0 Å². The first-order valence-corrected chi connectivity index (χ1v) is 8.47. The molecule has 1 rings (SSSR count). The van der Waals surface area contributed by atoms with E-state index >= 15 is 0 Å². The molecule has 0 unspecified atom stereocenters. The van der Waals surface area contributed by atoms with E-state index in [1.807, 2.05) is 0 Å². The van der Waals surface area contributed by atoms with Crippen molar-refractivity contribution in [1.29, 1.82) is 0 Å². The lowest BCUT2D eigenvalue weighted by Gasteiger charge is -2.41. The van der Waals surface area contributed by atoms with E-state index in [1.165, 1.54) is 0 Å². The number of ether oxygens (including phenoxy) is 2. The largest absolute Gasteiger partial charge is 0.394 e. The summed E-state index contributed by atoms with van der Waals surface area (Å²) in [6.45, 7) is 2.63. The van der Waals surface area contributed by atoms with Crippen LogP contribution in [0.5, 0.6) is 0 Å². The summed E-state index contributed by atoms with van der Waals surface area (Å²) < 4.78 is 10.4. The average molecular weight is 383 g/mol. The summed E-state index contributed by atoms with van der Waals surface area (Å²) in [6.07, 6.45) is -14.7. The molecule has 1 aliphatic heterocycles. The topological polar surface area (TPSA) is 189 Å². The van der Waals surface area contributed by atoms with Crippen molar-refractivity contribution in [3.8, 4) is 0 Å². The lowest BCUT2D eigenvalue weighted by molar-refractivity contribution is -0.316. The lowest BCUT2D eigenvalue weighted by atomic mass is 9.98. The first-order valence-electron chi connectivity index (χ1n) is 8.47. The zero-order chi connectivity index (χ0) is 20.0. The van der Waals surface area contributed by atoms with Gasteiger partial charge in [-0.1, -0.05) is 6.92 Å². The molecule has 0 radical (unpaired) electrons. The molecule has 0 bridgehead atoms. The number of carbonyl (C=O) groups is 1. The summed E-state index contributed by atoms with van der Waals surface area (Å²) in [5.74, 6) is -0.848. The average Bonchev–Trinajstić information content (AvgIpc) is 2.63. The highest BCUT2D eigenvalue weighted by Crippen LogP contribution is 2.24. The van der Waals surface area contributed by atoms with Gasteiger partial charge in [-0.2, -0.15) is 0 Å². The van der Waals surface area contributed by atoms with E-state index in [2.05, 4.69) is 5.32 Å². The van der Waals surface area contributed by atoms with Gasteiger partial charge in [0.15, 0.2) is 12.4 Å². The zero-order valence-corrected chi connectivity index (χ0v) is 14.7. The van der Waals surface area contributed by atoms with Gasteiger partial charge in [-0.25, -0.2) is 0 Å². The molecule has 8 N–H and O–H groups in total. The summed E-state index contributed by atoms with van der Waals surface area (Å²) >= 11 is 0. The molecule has 1 aliphatic rings. The molecule has 0 saturated carbocycles. The van der Waals surface area contributed by atoms with E-state index < -0.39 is 67.6 Å². The Kier molecular flexibility index (Phi) is 9.30. The van der Waals surface area contributed by atoms with Crippen LogP contribution in [0.1, 0.15) is 20.3 Å². The van der Waals surface area contributed by atoms with E-state index in [9.17, 15) is 40.5 Å². The predicted molar refractivity (Wildman–Crippen MR) is 85.6 cm³/mol. The van der Waals surface area contributed by atoms with Crippen molar-refractivity contribution < 1.29 is 50.0 Å². The molecule has 0 aliphatic carbocycles. The maximum absolute atomic E-state index is 12.2. The molecule has 1 saturated heterocycles. The molecule has 26 heavy (non-hydrogen) atoms. The Labute approximate surface area is 150 Å². The van der Waals surface area contributed by atoms with Gasteiger partial charge in [-0.15, -0.1) is 0 Å². The summed E-state index contributed by atoms with van der Waals surface area (Å²) in [5.41, 5.74) is 0. The first kappa shape index (κ1) is 23.1. The maximum atomic E-state index is 12.2.